The molecule has 1 aromatic heterocycles. The summed E-state index contributed by atoms with van der Waals surface area (Å²) < 4.78 is 11.5. The van der Waals surface area contributed by atoms with Crippen LogP contribution in [-0.2, 0) is 23.7 Å². The topological polar surface area (TPSA) is 150 Å². The highest BCUT2D eigenvalue weighted by Gasteiger charge is 2.49. The Bertz CT molecular complexity index is 1550. The van der Waals surface area contributed by atoms with E-state index in [2.05, 4.69) is 15.6 Å². The van der Waals surface area contributed by atoms with Gasteiger partial charge in [-0.1, -0.05) is 80.6 Å². The van der Waals surface area contributed by atoms with Crippen molar-refractivity contribution in [2.45, 2.75) is 50.4 Å². The molecule has 5 rings (SSSR count). The van der Waals surface area contributed by atoms with Gasteiger partial charge in [-0.25, -0.2) is 4.98 Å². The van der Waals surface area contributed by atoms with E-state index in [-0.39, 0.29) is 18.0 Å². The van der Waals surface area contributed by atoms with Gasteiger partial charge in [0.15, 0.2) is 0 Å². The molecule has 12 nitrogen and oxygen atoms in total. The molecule has 3 aromatic rings. The van der Waals surface area contributed by atoms with Crippen LogP contribution in [0.1, 0.15) is 42.4 Å². The second-order valence-electron chi connectivity index (χ2n) is 12.5. The van der Waals surface area contributed by atoms with Crippen molar-refractivity contribution in [2.75, 3.05) is 27.2 Å². The minimum atomic E-state index is -1.49. The van der Waals surface area contributed by atoms with Crippen molar-refractivity contribution in [2.24, 2.45) is 5.92 Å². The SMILES string of the molecule is CC(C)CC(NC(=O)C(NC(=O)c1cccc(-c2ccccc2)n1)C(O)c1ccccc1)B1OC(=O)[C@H]2CN(C)C[C@H](C(=O)O1)N2C. The number of pyridine rings is 1. The van der Waals surface area contributed by atoms with Crippen LogP contribution in [0.5, 0.6) is 0 Å². The molecule has 2 aliphatic rings. The minimum Gasteiger partial charge on any atom is -0.497 e. The van der Waals surface area contributed by atoms with Gasteiger partial charge < -0.3 is 29.9 Å². The fourth-order valence-corrected chi connectivity index (χ4v) is 5.89. The molecule has 2 bridgehead atoms. The molecule has 0 saturated carbocycles. The van der Waals surface area contributed by atoms with E-state index < -0.39 is 61.0 Å². The molecule has 2 fully saturated rings. The Kier molecular flexibility index (Phi) is 10.7. The third kappa shape index (κ3) is 8.05. The van der Waals surface area contributed by atoms with Gasteiger partial charge in [-0.2, -0.15) is 0 Å². The molecule has 3 N–H and O–H groups in total. The van der Waals surface area contributed by atoms with Gasteiger partial charge >= 0.3 is 19.1 Å². The Balaban J connectivity index is 1.41. The number of aliphatic hydroxyl groups is 1. The molecule has 246 valence electrons. The Labute approximate surface area is 274 Å². The lowest BCUT2D eigenvalue weighted by atomic mass is 9.73. The Morgan fingerprint density at radius 1 is 0.894 bits per heavy atom. The van der Waals surface area contributed by atoms with Crippen LogP contribution in [0.25, 0.3) is 11.3 Å². The Hall–Kier alpha value is -4.59. The average Bonchev–Trinajstić information content (AvgIpc) is 3.07. The maximum atomic E-state index is 14.1. The number of hydrogen-bond acceptors (Lipinski definition) is 10. The second kappa shape index (κ2) is 14.9. The van der Waals surface area contributed by atoms with E-state index in [1.54, 1.807) is 54.4 Å². The average molecular weight is 642 g/mol. The van der Waals surface area contributed by atoms with E-state index in [1.165, 1.54) is 6.07 Å². The number of fused-ring (bicyclic) bond motifs is 2. The number of aliphatic hydroxyl groups excluding tert-OH is 1. The monoisotopic (exact) mass is 641 g/mol. The fraction of sp³-hybridized carbons (Fsp3) is 0.382. The maximum absolute atomic E-state index is 14.1. The van der Waals surface area contributed by atoms with Gasteiger partial charge in [-0.05, 0) is 44.1 Å². The summed E-state index contributed by atoms with van der Waals surface area (Å²) in [6.45, 7) is 4.55. The first-order valence-corrected chi connectivity index (χ1v) is 15.7. The van der Waals surface area contributed by atoms with E-state index >= 15 is 0 Å². The van der Waals surface area contributed by atoms with Crippen molar-refractivity contribution in [1.82, 2.24) is 25.4 Å². The lowest BCUT2D eigenvalue weighted by Crippen LogP contribution is -2.66. The van der Waals surface area contributed by atoms with E-state index in [9.17, 15) is 24.3 Å². The highest BCUT2D eigenvalue weighted by molar-refractivity contribution is 6.51. The van der Waals surface area contributed by atoms with Crippen LogP contribution in [-0.4, -0.2) is 102 Å². The normalized spacial score (nSPS) is 20.7. The van der Waals surface area contributed by atoms with Crippen LogP contribution in [0.15, 0.2) is 78.9 Å². The predicted octanol–water partition coefficient (Wildman–Crippen LogP) is 1.85. The van der Waals surface area contributed by atoms with Crippen molar-refractivity contribution in [3.05, 3.63) is 90.1 Å². The van der Waals surface area contributed by atoms with Gasteiger partial charge in [0.1, 0.15) is 29.9 Å². The Morgan fingerprint density at radius 2 is 1.49 bits per heavy atom. The zero-order chi connectivity index (χ0) is 33.7. The molecule has 2 saturated heterocycles. The van der Waals surface area contributed by atoms with Crippen molar-refractivity contribution in [1.29, 1.82) is 0 Å². The van der Waals surface area contributed by atoms with Gasteiger partial charge in [0.25, 0.3) is 5.91 Å². The highest BCUT2D eigenvalue weighted by atomic mass is 16.6. The molecule has 2 aromatic carbocycles. The first-order valence-electron chi connectivity index (χ1n) is 15.7. The summed E-state index contributed by atoms with van der Waals surface area (Å²) >= 11 is 0. The van der Waals surface area contributed by atoms with Crippen LogP contribution in [0.3, 0.4) is 0 Å². The molecular weight excluding hydrogens is 601 g/mol. The van der Waals surface area contributed by atoms with Crippen LogP contribution in [0.2, 0.25) is 0 Å². The number of rotatable bonds is 10. The molecule has 5 atom stereocenters. The standard InChI is InChI=1S/C34H40BN5O7/c1-21(2)18-28(35-46-33(44)26-19-39(3)20-27(40(26)4)34(45)47-35)37-32(43)29(30(41)23-14-9-6-10-15-23)38-31(42)25-17-11-16-24(36-25)22-12-7-5-8-13-22/h5-17,21,26-30,41H,18-20H2,1-4H3,(H,37,43)(H,38,42)/t26-,27-,28?,29?,30?/m1/s1. The van der Waals surface area contributed by atoms with Crippen LogP contribution < -0.4 is 10.6 Å². The van der Waals surface area contributed by atoms with Crippen LogP contribution >= 0.6 is 0 Å². The summed E-state index contributed by atoms with van der Waals surface area (Å²) in [5.74, 6) is -3.59. The summed E-state index contributed by atoms with van der Waals surface area (Å²) in [5.41, 5.74) is 1.81. The molecule has 3 unspecified atom stereocenters. The summed E-state index contributed by atoms with van der Waals surface area (Å²) in [4.78, 5) is 62.2. The zero-order valence-corrected chi connectivity index (χ0v) is 26.9. The number of likely N-dealkylation sites (N-methyl/N-ethyl adjacent to an activating group) is 2. The molecule has 0 aliphatic carbocycles. The molecule has 2 aliphatic heterocycles. The minimum absolute atomic E-state index is 0.0199. The zero-order valence-electron chi connectivity index (χ0n) is 26.9. The number of benzene rings is 2. The molecule has 3 heterocycles. The number of hydrogen-bond donors (Lipinski definition) is 3. The van der Waals surface area contributed by atoms with Crippen LogP contribution in [0.4, 0.5) is 0 Å². The Morgan fingerprint density at radius 3 is 2.09 bits per heavy atom. The number of nitrogens with one attached hydrogen (secondary N) is 2. The smallest absolute Gasteiger partial charge is 0.497 e. The van der Waals surface area contributed by atoms with Crippen molar-refractivity contribution in [3.63, 3.8) is 0 Å². The first kappa shape index (κ1) is 33.8. The molecular formula is C34H40BN5O7. The molecule has 47 heavy (non-hydrogen) atoms. The van der Waals surface area contributed by atoms with E-state index in [0.717, 1.165) is 5.56 Å². The van der Waals surface area contributed by atoms with Gasteiger partial charge in [0.05, 0.1) is 11.6 Å². The van der Waals surface area contributed by atoms with Gasteiger partial charge in [0, 0.05) is 18.7 Å². The summed E-state index contributed by atoms with van der Waals surface area (Å²) in [5, 5.41) is 16.9. The molecule has 0 radical (unpaired) electrons. The highest BCUT2D eigenvalue weighted by Crippen LogP contribution is 2.23. The van der Waals surface area contributed by atoms with E-state index in [0.29, 0.717) is 24.3 Å². The number of aromatic nitrogens is 1. The predicted molar refractivity (Wildman–Crippen MR) is 174 cm³/mol. The number of carbonyl (C=O) groups is 4. The summed E-state index contributed by atoms with van der Waals surface area (Å²) in [6.07, 6.45) is -1.19. The lowest BCUT2D eigenvalue weighted by Gasteiger charge is -2.43. The quantitative estimate of drug-likeness (QED) is 0.280. The summed E-state index contributed by atoms with van der Waals surface area (Å²) in [7, 11) is 2.08. The van der Waals surface area contributed by atoms with Gasteiger partial charge in [-0.3, -0.25) is 24.1 Å². The van der Waals surface area contributed by atoms with Crippen molar-refractivity contribution < 1.29 is 33.6 Å². The van der Waals surface area contributed by atoms with Crippen LogP contribution in [0, 0.1) is 5.92 Å². The first-order chi connectivity index (χ1) is 22.5. The number of carbonyl (C=O) groups excluding carboxylic acids is 4. The van der Waals surface area contributed by atoms with Crippen molar-refractivity contribution in [3.8, 4) is 11.3 Å². The third-order valence-electron chi connectivity index (χ3n) is 8.42. The third-order valence-corrected chi connectivity index (χ3v) is 8.42. The van der Waals surface area contributed by atoms with Crippen molar-refractivity contribution >= 4 is 30.9 Å². The summed E-state index contributed by atoms with van der Waals surface area (Å²) in [6, 6.07) is 19.9. The van der Waals surface area contributed by atoms with Gasteiger partial charge in [-0.15, -0.1) is 0 Å². The maximum Gasteiger partial charge on any atom is 0.622 e. The molecule has 2 amide bonds. The molecule has 13 heteroatoms. The number of amides is 2. The number of piperazine rings is 1. The molecule has 0 spiro atoms. The van der Waals surface area contributed by atoms with E-state index in [1.807, 2.05) is 56.1 Å². The second-order valence-corrected chi connectivity index (χ2v) is 12.5. The van der Waals surface area contributed by atoms with Gasteiger partial charge in [0.2, 0.25) is 5.91 Å². The number of nitrogens with zero attached hydrogens (tertiary/aromatic N) is 3. The lowest BCUT2D eigenvalue weighted by molar-refractivity contribution is -0.159. The van der Waals surface area contributed by atoms with E-state index in [4.69, 9.17) is 9.31 Å². The largest absolute Gasteiger partial charge is 0.622 e. The fourth-order valence-electron chi connectivity index (χ4n) is 5.89.